The maximum absolute atomic E-state index is 12.9. The normalized spacial score (nSPS) is 11.3. The number of methoxy groups -OCH3 is 1. The number of ether oxygens (including phenoxy) is 1. The summed E-state index contributed by atoms with van der Waals surface area (Å²) in [7, 11) is 2.88. The summed E-state index contributed by atoms with van der Waals surface area (Å²) in [6, 6.07) is 11.2. The molecule has 2 aromatic carbocycles. The summed E-state index contributed by atoms with van der Waals surface area (Å²) in [4.78, 5) is 23.7. The number of aromatic nitrogens is 3. The van der Waals surface area contributed by atoms with Crippen molar-refractivity contribution < 1.29 is 22.7 Å². The number of hydrogen-bond acceptors (Lipinski definition) is 9. The fraction of sp³-hybridized carbons (Fsp3) is 0.150. The van der Waals surface area contributed by atoms with E-state index in [4.69, 9.17) is 0 Å². The van der Waals surface area contributed by atoms with E-state index in [9.17, 15) is 18.0 Å². The molecular formula is C20H18F3N7O2. The van der Waals surface area contributed by atoms with E-state index in [2.05, 4.69) is 40.8 Å². The summed E-state index contributed by atoms with van der Waals surface area (Å²) in [5, 5.41) is 9.49. The average Bonchev–Trinajstić information content (AvgIpc) is 2.78. The van der Waals surface area contributed by atoms with Crippen LogP contribution < -0.4 is 16.1 Å². The maximum atomic E-state index is 12.9. The highest BCUT2D eigenvalue weighted by Gasteiger charge is 2.30. The molecule has 0 amide bonds. The van der Waals surface area contributed by atoms with E-state index in [-0.39, 0.29) is 23.5 Å². The molecule has 32 heavy (non-hydrogen) atoms. The Morgan fingerprint density at radius 2 is 1.72 bits per heavy atom. The number of benzene rings is 2. The second-order valence-electron chi connectivity index (χ2n) is 6.24. The highest BCUT2D eigenvalue weighted by Crippen LogP contribution is 2.31. The van der Waals surface area contributed by atoms with Crippen LogP contribution in [0.15, 0.2) is 53.6 Å². The SMILES string of the molecule is CNc1nc(N/N=C/c2ccc(C(=O)OC)cc2)nc(Nc2cccc(C(F)(F)F)c2)n1. The average molecular weight is 445 g/mol. The third-order valence-electron chi connectivity index (χ3n) is 4.02. The van der Waals surface area contributed by atoms with Gasteiger partial charge in [0.2, 0.25) is 17.8 Å². The predicted molar refractivity (Wildman–Crippen MR) is 113 cm³/mol. The molecule has 0 unspecified atom stereocenters. The third-order valence-corrected chi connectivity index (χ3v) is 4.02. The number of nitrogens with one attached hydrogen (secondary N) is 3. The molecular weight excluding hydrogens is 427 g/mol. The minimum atomic E-state index is -4.47. The van der Waals surface area contributed by atoms with Gasteiger partial charge in [-0.05, 0) is 35.9 Å². The van der Waals surface area contributed by atoms with Crippen molar-refractivity contribution in [3.63, 3.8) is 0 Å². The van der Waals surface area contributed by atoms with Crippen LogP contribution in [0, 0.1) is 0 Å². The molecule has 3 rings (SSSR count). The van der Waals surface area contributed by atoms with Gasteiger partial charge in [-0.2, -0.15) is 33.2 Å². The monoisotopic (exact) mass is 445 g/mol. The Morgan fingerprint density at radius 1 is 1.03 bits per heavy atom. The topological polar surface area (TPSA) is 113 Å². The van der Waals surface area contributed by atoms with E-state index in [0.717, 1.165) is 12.1 Å². The summed E-state index contributed by atoms with van der Waals surface area (Å²) >= 11 is 0. The summed E-state index contributed by atoms with van der Waals surface area (Å²) in [5.74, 6) is -0.197. The van der Waals surface area contributed by atoms with Gasteiger partial charge in [0.15, 0.2) is 0 Å². The van der Waals surface area contributed by atoms with E-state index < -0.39 is 17.7 Å². The Bertz CT molecular complexity index is 1120. The Hall–Kier alpha value is -4.22. The lowest BCUT2D eigenvalue weighted by molar-refractivity contribution is -0.137. The molecule has 0 atom stereocenters. The Morgan fingerprint density at radius 3 is 2.38 bits per heavy atom. The summed E-state index contributed by atoms with van der Waals surface area (Å²) in [5.41, 5.74) is 3.09. The Kier molecular flexibility index (Phi) is 6.83. The van der Waals surface area contributed by atoms with Gasteiger partial charge < -0.3 is 15.4 Å². The molecule has 0 bridgehead atoms. The first-order chi connectivity index (χ1) is 15.3. The maximum Gasteiger partial charge on any atom is 0.416 e. The number of carbonyl (C=O) groups excluding carboxylic acids is 1. The first kappa shape index (κ1) is 22.5. The minimum absolute atomic E-state index is 0.0174. The van der Waals surface area contributed by atoms with Crippen LogP contribution in [0.1, 0.15) is 21.5 Å². The lowest BCUT2D eigenvalue weighted by Gasteiger charge is -2.11. The molecule has 3 aromatic rings. The van der Waals surface area contributed by atoms with Gasteiger partial charge in [0.25, 0.3) is 0 Å². The lowest BCUT2D eigenvalue weighted by Crippen LogP contribution is -2.08. The summed E-state index contributed by atoms with van der Waals surface area (Å²) < 4.78 is 43.4. The zero-order chi connectivity index (χ0) is 23.1. The van der Waals surface area contributed by atoms with Crippen molar-refractivity contribution in [3.05, 3.63) is 65.2 Å². The fourth-order valence-electron chi connectivity index (χ4n) is 2.48. The van der Waals surface area contributed by atoms with Crippen LogP contribution in [0.3, 0.4) is 0 Å². The number of hydrogen-bond donors (Lipinski definition) is 3. The van der Waals surface area contributed by atoms with E-state index in [1.165, 1.54) is 25.5 Å². The molecule has 166 valence electrons. The van der Waals surface area contributed by atoms with Crippen LogP contribution in [-0.2, 0) is 10.9 Å². The lowest BCUT2D eigenvalue weighted by atomic mass is 10.1. The zero-order valence-corrected chi connectivity index (χ0v) is 16.9. The van der Waals surface area contributed by atoms with Gasteiger partial charge >= 0.3 is 12.1 Å². The predicted octanol–water partition coefficient (Wildman–Crippen LogP) is 3.91. The molecule has 0 spiro atoms. The molecule has 1 heterocycles. The molecule has 12 heteroatoms. The van der Waals surface area contributed by atoms with Gasteiger partial charge in [0.05, 0.1) is 24.5 Å². The Labute approximate surface area is 180 Å². The zero-order valence-electron chi connectivity index (χ0n) is 16.9. The highest BCUT2D eigenvalue weighted by atomic mass is 19.4. The van der Waals surface area contributed by atoms with Crippen molar-refractivity contribution in [1.29, 1.82) is 0 Å². The number of halogens is 3. The van der Waals surface area contributed by atoms with Crippen LogP contribution in [0.5, 0.6) is 0 Å². The second kappa shape index (κ2) is 9.73. The number of carbonyl (C=O) groups is 1. The molecule has 0 saturated carbocycles. The smallest absolute Gasteiger partial charge is 0.416 e. The molecule has 0 fully saturated rings. The molecule has 0 aliphatic rings. The van der Waals surface area contributed by atoms with Crippen LogP contribution in [0.2, 0.25) is 0 Å². The highest BCUT2D eigenvalue weighted by molar-refractivity contribution is 5.90. The van der Waals surface area contributed by atoms with Crippen molar-refractivity contribution in [2.24, 2.45) is 5.10 Å². The van der Waals surface area contributed by atoms with E-state index in [0.29, 0.717) is 11.1 Å². The van der Waals surface area contributed by atoms with Gasteiger partial charge in [-0.1, -0.05) is 18.2 Å². The van der Waals surface area contributed by atoms with Crippen molar-refractivity contribution in [2.45, 2.75) is 6.18 Å². The molecule has 0 radical (unpaired) electrons. The second-order valence-corrected chi connectivity index (χ2v) is 6.24. The van der Waals surface area contributed by atoms with Crippen molar-refractivity contribution in [1.82, 2.24) is 15.0 Å². The standard InChI is InChI=1S/C20H18F3N7O2/c1-24-17-27-18(26-15-5-3-4-14(10-15)20(21,22)23)29-19(28-17)30-25-11-12-6-8-13(9-7-12)16(31)32-2/h3-11H,1-2H3,(H3,24,26,27,28,29,30)/b25-11+. The van der Waals surface area contributed by atoms with Crippen LogP contribution in [0.25, 0.3) is 0 Å². The molecule has 0 saturated heterocycles. The first-order valence-electron chi connectivity index (χ1n) is 9.14. The van der Waals surface area contributed by atoms with Crippen LogP contribution in [0.4, 0.5) is 36.7 Å². The molecule has 3 N–H and O–H groups in total. The van der Waals surface area contributed by atoms with Gasteiger partial charge in [0.1, 0.15) is 0 Å². The number of anilines is 4. The van der Waals surface area contributed by atoms with Crippen LogP contribution in [-0.4, -0.2) is 41.3 Å². The fourth-order valence-corrected chi connectivity index (χ4v) is 2.48. The number of nitrogens with zero attached hydrogens (tertiary/aromatic N) is 4. The van der Waals surface area contributed by atoms with Crippen molar-refractivity contribution >= 4 is 35.7 Å². The largest absolute Gasteiger partial charge is 0.465 e. The summed E-state index contributed by atoms with van der Waals surface area (Å²) in [6.07, 6.45) is -2.99. The van der Waals surface area contributed by atoms with Gasteiger partial charge in [-0.3, -0.25) is 0 Å². The molecule has 0 aliphatic carbocycles. The van der Waals surface area contributed by atoms with Crippen molar-refractivity contribution in [3.8, 4) is 0 Å². The number of esters is 1. The third kappa shape index (κ3) is 5.90. The van der Waals surface area contributed by atoms with Crippen molar-refractivity contribution in [2.75, 3.05) is 30.2 Å². The Balaban J connectivity index is 1.74. The number of hydrazone groups is 1. The quantitative estimate of drug-likeness (QED) is 0.285. The van der Waals surface area contributed by atoms with E-state index in [1.54, 1.807) is 31.3 Å². The molecule has 1 aromatic heterocycles. The van der Waals surface area contributed by atoms with Crippen LogP contribution >= 0.6 is 0 Å². The number of rotatable bonds is 7. The van der Waals surface area contributed by atoms with Gasteiger partial charge in [-0.25, -0.2) is 10.2 Å². The minimum Gasteiger partial charge on any atom is -0.465 e. The first-order valence-corrected chi connectivity index (χ1v) is 9.14. The number of alkyl halides is 3. The van der Waals surface area contributed by atoms with Gasteiger partial charge in [0, 0.05) is 12.7 Å². The summed E-state index contributed by atoms with van der Waals surface area (Å²) in [6.45, 7) is 0. The molecule has 0 aliphatic heterocycles. The van der Waals surface area contributed by atoms with Gasteiger partial charge in [-0.15, -0.1) is 0 Å². The van der Waals surface area contributed by atoms with E-state index >= 15 is 0 Å². The van der Waals surface area contributed by atoms with E-state index in [1.807, 2.05) is 0 Å². The molecule has 9 nitrogen and oxygen atoms in total.